The number of nitro groups is 1. The van der Waals surface area contributed by atoms with Crippen molar-refractivity contribution in [1.29, 1.82) is 0 Å². The molecule has 0 saturated heterocycles. The second-order valence-electron chi connectivity index (χ2n) is 4.13. The molecular weight excluding hydrogens is 316 g/mol. The number of ether oxygens (including phenoxy) is 1. The smallest absolute Gasteiger partial charge is 0.341 e. The van der Waals surface area contributed by atoms with E-state index in [2.05, 4.69) is 5.32 Å². The molecule has 1 aromatic carbocycles. The molecule has 1 heterocycles. The molecule has 0 unspecified atom stereocenters. The Kier molecular flexibility index (Phi) is 5.65. The van der Waals surface area contributed by atoms with E-state index in [1.54, 1.807) is 0 Å². The summed E-state index contributed by atoms with van der Waals surface area (Å²) in [5.41, 5.74) is -0.0768. The zero-order valence-electron chi connectivity index (χ0n) is 11.0. The lowest BCUT2D eigenvalue weighted by molar-refractivity contribution is -0.384. The number of carboxylic acid groups (broad SMARTS) is 1. The summed E-state index contributed by atoms with van der Waals surface area (Å²) in [5.74, 6) is -1.90. The summed E-state index contributed by atoms with van der Waals surface area (Å²) in [7, 11) is 0. The molecule has 2 N–H and O–H groups in total. The minimum Gasteiger partial charge on any atom is -0.478 e. The van der Waals surface area contributed by atoms with E-state index in [1.807, 2.05) is 0 Å². The van der Waals surface area contributed by atoms with Crippen molar-refractivity contribution in [3.8, 4) is 5.75 Å². The van der Waals surface area contributed by atoms with Gasteiger partial charge in [-0.25, -0.2) is 9.59 Å². The number of carboxylic acids is 1. The number of carbonyl (C=O) groups is 2. The second kappa shape index (κ2) is 7.23. The molecule has 1 aliphatic rings. The van der Waals surface area contributed by atoms with Crippen molar-refractivity contribution >= 4 is 30.0 Å². The number of hydrogen-bond acceptors (Lipinski definition) is 6. The normalized spacial score (nSPS) is 12.9. The summed E-state index contributed by atoms with van der Waals surface area (Å²) in [6.45, 7) is 0. The molecule has 0 aliphatic carbocycles. The van der Waals surface area contributed by atoms with Gasteiger partial charge >= 0.3 is 11.9 Å². The second-order valence-corrected chi connectivity index (χ2v) is 4.13. The number of benzene rings is 1. The standard InChI is InChI=1S/C13H10N2O6.ClH/c16-12(17)8-4-9(7-14-6-8)13(18)21-11-3-1-2-10(5-11)15(19)20;/h1-3,5-7,14H,4H2,(H,16,17);1H. The fourth-order valence-corrected chi connectivity index (χ4v) is 1.65. The minimum atomic E-state index is -1.14. The highest BCUT2D eigenvalue weighted by Gasteiger charge is 2.20. The summed E-state index contributed by atoms with van der Waals surface area (Å²) in [6.07, 6.45) is 2.51. The van der Waals surface area contributed by atoms with Crippen molar-refractivity contribution < 1.29 is 24.4 Å². The van der Waals surface area contributed by atoms with E-state index in [0.29, 0.717) is 0 Å². The highest BCUT2D eigenvalue weighted by atomic mass is 35.5. The molecule has 22 heavy (non-hydrogen) atoms. The van der Waals surface area contributed by atoms with Gasteiger partial charge in [0.2, 0.25) is 0 Å². The van der Waals surface area contributed by atoms with Gasteiger partial charge in [0, 0.05) is 24.9 Å². The number of dihydropyridines is 1. The molecule has 0 radical (unpaired) electrons. The molecule has 1 aliphatic heterocycles. The quantitative estimate of drug-likeness (QED) is 0.374. The van der Waals surface area contributed by atoms with Crippen LogP contribution in [0.4, 0.5) is 5.69 Å². The summed E-state index contributed by atoms with van der Waals surface area (Å²) >= 11 is 0. The molecule has 116 valence electrons. The molecule has 1 aromatic rings. The summed E-state index contributed by atoms with van der Waals surface area (Å²) < 4.78 is 5.00. The molecule has 9 heteroatoms. The monoisotopic (exact) mass is 326 g/mol. The number of rotatable bonds is 4. The van der Waals surface area contributed by atoms with Crippen LogP contribution in [0.25, 0.3) is 0 Å². The maximum absolute atomic E-state index is 11.9. The van der Waals surface area contributed by atoms with Crippen molar-refractivity contribution in [2.75, 3.05) is 0 Å². The van der Waals surface area contributed by atoms with E-state index in [9.17, 15) is 19.7 Å². The van der Waals surface area contributed by atoms with Crippen molar-refractivity contribution in [2.24, 2.45) is 0 Å². The zero-order valence-corrected chi connectivity index (χ0v) is 11.8. The highest BCUT2D eigenvalue weighted by Crippen LogP contribution is 2.22. The number of nitrogens with zero attached hydrogens (tertiary/aromatic N) is 1. The molecule has 8 nitrogen and oxygen atoms in total. The molecule has 0 saturated carbocycles. The Morgan fingerprint density at radius 2 is 1.95 bits per heavy atom. The number of nitro benzene ring substituents is 1. The Morgan fingerprint density at radius 1 is 1.27 bits per heavy atom. The van der Waals surface area contributed by atoms with Gasteiger partial charge < -0.3 is 15.2 Å². The summed E-state index contributed by atoms with van der Waals surface area (Å²) in [4.78, 5) is 32.8. The first-order valence-electron chi connectivity index (χ1n) is 5.81. The van der Waals surface area contributed by atoms with Crippen LogP contribution in [0.2, 0.25) is 0 Å². The van der Waals surface area contributed by atoms with Crippen LogP contribution in [0.3, 0.4) is 0 Å². The first-order valence-corrected chi connectivity index (χ1v) is 5.81. The van der Waals surface area contributed by atoms with Gasteiger partial charge in [0.25, 0.3) is 5.69 Å². The molecule has 0 atom stereocenters. The molecule has 0 aromatic heterocycles. The molecule has 2 rings (SSSR count). The van der Waals surface area contributed by atoms with E-state index in [1.165, 1.54) is 30.6 Å². The van der Waals surface area contributed by atoms with Gasteiger partial charge in [-0.2, -0.15) is 0 Å². The lowest BCUT2D eigenvalue weighted by Gasteiger charge is -2.12. The van der Waals surface area contributed by atoms with Gasteiger partial charge in [0.15, 0.2) is 0 Å². The van der Waals surface area contributed by atoms with E-state index < -0.39 is 16.9 Å². The van der Waals surface area contributed by atoms with Crippen LogP contribution < -0.4 is 10.1 Å². The van der Waals surface area contributed by atoms with Crippen LogP contribution in [0, 0.1) is 10.1 Å². The molecule has 0 bridgehead atoms. The summed E-state index contributed by atoms with van der Waals surface area (Å²) in [5, 5.41) is 22.0. The Hall–Kier alpha value is -2.87. The number of aliphatic carboxylic acids is 1. The van der Waals surface area contributed by atoms with Crippen LogP contribution in [-0.2, 0) is 9.59 Å². The van der Waals surface area contributed by atoms with Crippen LogP contribution in [0.15, 0.2) is 47.8 Å². The zero-order chi connectivity index (χ0) is 15.4. The van der Waals surface area contributed by atoms with Gasteiger partial charge in [-0.05, 0) is 6.07 Å². The van der Waals surface area contributed by atoms with Crippen molar-refractivity contribution in [2.45, 2.75) is 6.42 Å². The van der Waals surface area contributed by atoms with Gasteiger partial charge in [-0.3, -0.25) is 10.1 Å². The fraction of sp³-hybridized carbons (Fsp3) is 0.0769. The number of esters is 1. The lowest BCUT2D eigenvalue weighted by atomic mass is 10.1. The van der Waals surface area contributed by atoms with Crippen molar-refractivity contribution in [1.82, 2.24) is 5.32 Å². The lowest BCUT2D eigenvalue weighted by Crippen LogP contribution is -2.20. The third-order valence-corrected chi connectivity index (χ3v) is 2.67. The van der Waals surface area contributed by atoms with E-state index in [-0.39, 0.29) is 41.4 Å². The van der Waals surface area contributed by atoms with Gasteiger partial charge in [0.1, 0.15) is 5.75 Å². The van der Waals surface area contributed by atoms with Crippen molar-refractivity contribution in [3.05, 3.63) is 57.9 Å². The largest absolute Gasteiger partial charge is 0.478 e. The van der Waals surface area contributed by atoms with E-state index in [0.717, 1.165) is 6.07 Å². The molecule has 0 fully saturated rings. The highest BCUT2D eigenvalue weighted by molar-refractivity contribution is 5.95. The maximum Gasteiger partial charge on any atom is 0.341 e. The third kappa shape index (κ3) is 4.06. The Balaban J connectivity index is 0.00000242. The molecular formula is C13H11ClN2O6. The molecule has 0 spiro atoms. The number of hydrogen-bond donors (Lipinski definition) is 2. The van der Waals surface area contributed by atoms with Crippen LogP contribution in [0.5, 0.6) is 5.75 Å². The maximum atomic E-state index is 11.9. The first kappa shape index (κ1) is 17.2. The minimum absolute atomic E-state index is 0. The summed E-state index contributed by atoms with van der Waals surface area (Å²) in [6, 6.07) is 5.17. The van der Waals surface area contributed by atoms with Crippen LogP contribution in [0.1, 0.15) is 6.42 Å². The topological polar surface area (TPSA) is 119 Å². The number of nitrogens with one attached hydrogen (secondary N) is 1. The van der Waals surface area contributed by atoms with E-state index in [4.69, 9.17) is 9.84 Å². The number of carbonyl (C=O) groups excluding carboxylic acids is 1. The van der Waals surface area contributed by atoms with Gasteiger partial charge in [-0.15, -0.1) is 12.4 Å². The average molecular weight is 327 g/mol. The Morgan fingerprint density at radius 3 is 2.59 bits per heavy atom. The fourth-order valence-electron chi connectivity index (χ4n) is 1.65. The van der Waals surface area contributed by atoms with Gasteiger partial charge in [0.05, 0.1) is 22.1 Å². The predicted molar refractivity (Wildman–Crippen MR) is 77.5 cm³/mol. The number of halogens is 1. The van der Waals surface area contributed by atoms with E-state index >= 15 is 0 Å². The predicted octanol–water partition coefficient (Wildman–Crippen LogP) is 1.77. The number of non-ortho nitro benzene ring substituents is 1. The third-order valence-electron chi connectivity index (χ3n) is 2.67. The van der Waals surface area contributed by atoms with Gasteiger partial charge in [-0.1, -0.05) is 6.07 Å². The van der Waals surface area contributed by atoms with Crippen LogP contribution >= 0.6 is 12.4 Å². The first-order chi connectivity index (χ1) is 9.97. The van der Waals surface area contributed by atoms with Crippen molar-refractivity contribution in [3.63, 3.8) is 0 Å². The Bertz CT molecular complexity index is 683. The average Bonchev–Trinajstić information content (AvgIpc) is 2.47. The molecule has 0 amide bonds. The SMILES string of the molecule is Cl.O=C(O)C1=CNC=C(C(=O)Oc2cccc([N+](=O)[O-])c2)C1. The van der Waals surface area contributed by atoms with Crippen LogP contribution in [-0.4, -0.2) is 22.0 Å². The Labute approximate surface area is 130 Å².